The van der Waals surface area contributed by atoms with Crippen molar-refractivity contribution < 1.29 is 17.9 Å². The first-order valence-electron chi connectivity index (χ1n) is 8.08. The lowest BCUT2D eigenvalue weighted by molar-refractivity contribution is 0.101. The molecule has 0 spiro atoms. The Kier molecular flexibility index (Phi) is 6.82. The predicted molar refractivity (Wildman–Crippen MR) is 100 cm³/mol. The SMILES string of the molecule is CCCCNc1cc(C(C)=O)cc(N[SH](=O)=O)c1Oc1ccccc1. The highest BCUT2D eigenvalue weighted by molar-refractivity contribution is 7.73. The van der Waals surface area contributed by atoms with Crippen molar-refractivity contribution >= 4 is 28.0 Å². The van der Waals surface area contributed by atoms with Crippen molar-refractivity contribution in [2.45, 2.75) is 26.7 Å². The van der Waals surface area contributed by atoms with Gasteiger partial charge in [-0.05, 0) is 37.6 Å². The number of thiol groups is 1. The quantitative estimate of drug-likeness (QED) is 0.359. The Morgan fingerprint density at radius 2 is 1.80 bits per heavy atom. The van der Waals surface area contributed by atoms with Gasteiger partial charge in [-0.3, -0.25) is 9.52 Å². The largest absolute Gasteiger partial charge is 0.453 e. The molecule has 0 aliphatic heterocycles. The second-order valence-electron chi connectivity index (χ2n) is 5.52. The zero-order valence-electron chi connectivity index (χ0n) is 14.2. The lowest BCUT2D eigenvalue weighted by Crippen LogP contribution is -2.07. The van der Waals surface area contributed by atoms with Gasteiger partial charge in [0, 0.05) is 12.1 Å². The summed E-state index contributed by atoms with van der Waals surface area (Å²) in [4.78, 5) is 11.8. The van der Waals surface area contributed by atoms with E-state index < -0.39 is 10.9 Å². The summed E-state index contributed by atoms with van der Waals surface area (Å²) in [6.07, 6.45) is 1.94. The molecule has 6 nitrogen and oxygen atoms in total. The maximum atomic E-state index is 11.8. The van der Waals surface area contributed by atoms with Gasteiger partial charge >= 0.3 is 0 Å². The first kappa shape index (κ1) is 18.8. The van der Waals surface area contributed by atoms with E-state index in [1.165, 1.54) is 13.0 Å². The third-order valence-electron chi connectivity index (χ3n) is 3.52. The standard InChI is InChI=1S/C18H22N2O4S/c1-3-4-10-19-16-11-14(13(2)21)12-17(20-25(22)23)18(16)24-15-8-6-5-7-9-15/h5-9,11-12,19,25H,3-4,10H2,1-2H3,(H,20,22,23). The van der Waals surface area contributed by atoms with Crippen molar-refractivity contribution in [3.63, 3.8) is 0 Å². The number of hydrogen-bond donors (Lipinski definition) is 3. The van der Waals surface area contributed by atoms with Crippen molar-refractivity contribution in [3.05, 3.63) is 48.0 Å². The minimum Gasteiger partial charge on any atom is -0.453 e. The number of carbonyl (C=O) groups is 1. The lowest BCUT2D eigenvalue weighted by atomic mass is 10.1. The summed E-state index contributed by atoms with van der Waals surface area (Å²) in [7, 11) is -2.90. The first-order chi connectivity index (χ1) is 12.0. The summed E-state index contributed by atoms with van der Waals surface area (Å²) in [6, 6.07) is 12.2. The third kappa shape index (κ3) is 5.49. The van der Waals surface area contributed by atoms with E-state index >= 15 is 0 Å². The monoisotopic (exact) mass is 362 g/mol. The van der Waals surface area contributed by atoms with E-state index in [-0.39, 0.29) is 11.5 Å². The molecular weight excluding hydrogens is 340 g/mol. The van der Waals surface area contributed by atoms with E-state index in [9.17, 15) is 13.2 Å². The number of hydrogen-bond acceptors (Lipinski definition) is 5. The number of unbranched alkanes of at least 4 members (excludes halogenated alkanes) is 1. The maximum absolute atomic E-state index is 11.8. The van der Waals surface area contributed by atoms with Gasteiger partial charge < -0.3 is 10.1 Å². The Morgan fingerprint density at radius 1 is 1.12 bits per heavy atom. The molecule has 7 heteroatoms. The molecule has 0 unspecified atom stereocenters. The summed E-state index contributed by atoms with van der Waals surface area (Å²) in [5.74, 6) is 0.751. The number of anilines is 2. The second-order valence-corrected chi connectivity index (χ2v) is 6.26. The molecule has 2 aromatic rings. The molecule has 25 heavy (non-hydrogen) atoms. The summed E-state index contributed by atoms with van der Waals surface area (Å²) < 4.78 is 30.6. The van der Waals surface area contributed by atoms with E-state index in [1.54, 1.807) is 18.2 Å². The highest BCUT2D eigenvalue weighted by Crippen LogP contribution is 2.38. The molecule has 0 saturated heterocycles. The molecule has 0 heterocycles. The first-order valence-corrected chi connectivity index (χ1v) is 9.25. The van der Waals surface area contributed by atoms with Crippen LogP contribution in [0.25, 0.3) is 0 Å². The van der Waals surface area contributed by atoms with Crippen LogP contribution in [0.5, 0.6) is 11.5 Å². The van der Waals surface area contributed by atoms with Crippen LogP contribution in [0, 0.1) is 0 Å². The van der Waals surface area contributed by atoms with Crippen LogP contribution in [0.3, 0.4) is 0 Å². The summed E-state index contributed by atoms with van der Waals surface area (Å²) in [5, 5.41) is 3.23. The van der Waals surface area contributed by atoms with Gasteiger partial charge in [0.15, 0.2) is 11.5 Å². The normalized spacial score (nSPS) is 10.5. The highest BCUT2D eigenvalue weighted by atomic mass is 32.2. The van der Waals surface area contributed by atoms with Crippen molar-refractivity contribution in [1.82, 2.24) is 0 Å². The van der Waals surface area contributed by atoms with Crippen LogP contribution in [0.1, 0.15) is 37.0 Å². The fourth-order valence-corrected chi connectivity index (χ4v) is 2.62. The number of ether oxygens (including phenoxy) is 1. The van der Waals surface area contributed by atoms with E-state index in [1.807, 2.05) is 18.2 Å². The Bertz CT molecular complexity index is 796. The molecule has 2 rings (SSSR count). The van der Waals surface area contributed by atoms with Crippen molar-refractivity contribution in [2.75, 3.05) is 16.6 Å². The minimum absolute atomic E-state index is 0.158. The molecule has 134 valence electrons. The van der Waals surface area contributed by atoms with Crippen molar-refractivity contribution in [1.29, 1.82) is 0 Å². The Hall–Kier alpha value is -2.54. The summed E-state index contributed by atoms with van der Waals surface area (Å²) in [5.41, 5.74) is 1.20. The molecule has 0 radical (unpaired) electrons. The van der Waals surface area contributed by atoms with Gasteiger partial charge in [0.1, 0.15) is 5.75 Å². The van der Waals surface area contributed by atoms with Gasteiger partial charge in [0.05, 0.1) is 11.4 Å². The Balaban J connectivity index is 2.50. The summed E-state index contributed by atoms with van der Waals surface area (Å²) in [6.45, 7) is 4.19. The molecule has 2 N–H and O–H groups in total. The predicted octanol–water partition coefficient (Wildman–Crippen LogP) is 3.83. The number of para-hydroxylation sites is 1. The molecule has 0 amide bonds. The second kappa shape index (κ2) is 9.08. The van der Waals surface area contributed by atoms with E-state index in [0.29, 0.717) is 29.3 Å². The Labute approximate surface area is 149 Å². The van der Waals surface area contributed by atoms with Crippen LogP contribution in [-0.4, -0.2) is 20.7 Å². The minimum atomic E-state index is -2.90. The number of nitrogens with one attached hydrogen (secondary N) is 2. The molecule has 0 fully saturated rings. The third-order valence-corrected chi connectivity index (χ3v) is 3.94. The van der Waals surface area contributed by atoms with Crippen LogP contribution in [0.4, 0.5) is 11.4 Å². The van der Waals surface area contributed by atoms with Gasteiger partial charge in [0.25, 0.3) is 0 Å². The highest BCUT2D eigenvalue weighted by Gasteiger charge is 2.16. The van der Waals surface area contributed by atoms with Gasteiger partial charge in [-0.25, -0.2) is 8.42 Å². The molecule has 0 aliphatic rings. The van der Waals surface area contributed by atoms with Crippen LogP contribution < -0.4 is 14.8 Å². The zero-order valence-corrected chi connectivity index (χ0v) is 15.1. The van der Waals surface area contributed by atoms with E-state index in [2.05, 4.69) is 17.0 Å². The number of ketones is 1. The number of carbonyl (C=O) groups excluding carboxylic acids is 1. The average molecular weight is 362 g/mol. The number of Topliss-reactive ketones (excluding diaryl/α,β-unsaturated/α-hetero) is 1. The van der Waals surface area contributed by atoms with Gasteiger partial charge in [-0.1, -0.05) is 31.5 Å². The molecule has 0 aromatic heterocycles. The smallest absolute Gasteiger partial charge is 0.222 e. The topological polar surface area (TPSA) is 84.5 Å². The maximum Gasteiger partial charge on any atom is 0.222 e. The fourth-order valence-electron chi connectivity index (χ4n) is 2.26. The molecule has 2 aromatic carbocycles. The molecular formula is C18H22N2O4S. The van der Waals surface area contributed by atoms with Gasteiger partial charge in [-0.2, -0.15) is 0 Å². The van der Waals surface area contributed by atoms with E-state index in [0.717, 1.165) is 12.8 Å². The van der Waals surface area contributed by atoms with E-state index in [4.69, 9.17) is 4.74 Å². The van der Waals surface area contributed by atoms with Crippen LogP contribution in [-0.2, 0) is 10.9 Å². The number of rotatable bonds is 9. The van der Waals surface area contributed by atoms with Gasteiger partial charge in [0.2, 0.25) is 10.9 Å². The van der Waals surface area contributed by atoms with Crippen LogP contribution in [0.15, 0.2) is 42.5 Å². The molecule has 0 aliphatic carbocycles. The van der Waals surface area contributed by atoms with Crippen molar-refractivity contribution in [3.8, 4) is 11.5 Å². The molecule has 0 saturated carbocycles. The zero-order chi connectivity index (χ0) is 18.2. The summed E-state index contributed by atoms with van der Waals surface area (Å²) >= 11 is 0. The van der Waals surface area contributed by atoms with Crippen LogP contribution in [0.2, 0.25) is 0 Å². The van der Waals surface area contributed by atoms with Crippen molar-refractivity contribution in [2.24, 2.45) is 0 Å². The molecule has 0 atom stereocenters. The average Bonchev–Trinajstić information content (AvgIpc) is 2.57. The van der Waals surface area contributed by atoms with Crippen LogP contribution >= 0.6 is 0 Å². The lowest BCUT2D eigenvalue weighted by Gasteiger charge is -2.17. The molecule has 0 bridgehead atoms. The Morgan fingerprint density at radius 3 is 2.40 bits per heavy atom. The van der Waals surface area contributed by atoms with Gasteiger partial charge in [-0.15, -0.1) is 0 Å². The number of benzene rings is 2. The fraction of sp³-hybridized carbons (Fsp3) is 0.278.